The largest absolute Gasteiger partial charge is 0.460 e. The molecule has 114 valence electrons. The summed E-state index contributed by atoms with van der Waals surface area (Å²) in [4.78, 5) is 2.04. The zero-order valence-electron chi connectivity index (χ0n) is 12.6. The van der Waals surface area contributed by atoms with Gasteiger partial charge in [0.15, 0.2) is 0 Å². The normalized spacial score (nSPS) is 12.0. The van der Waals surface area contributed by atoms with Crippen LogP contribution >= 0.6 is 0 Å². The third-order valence-electron chi connectivity index (χ3n) is 3.56. The summed E-state index contributed by atoms with van der Waals surface area (Å²) in [6, 6.07) is 13.9. The summed E-state index contributed by atoms with van der Waals surface area (Å²) >= 11 is 0. The first-order valence-corrected chi connectivity index (χ1v) is 7.11. The molecule has 1 aromatic heterocycles. The molecule has 0 aliphatic heterocycles. The highest BCUT2D eigenvalue weighted by Crippen LogP contribution is 2.23. The Balaban J connectivity index is 1.99. The van der Waals surface area contributed by atoms with Gasteiger partial charge in [-0.3, -0.25) is 4.90 Å². The van der Waals surface area contributed by atoms with Crippen LogP contribution in [0.4, 0.5) is 0 Å². The number of hydrogen-bond acceptors (Lipinski definition) is 4. The van der Waals surface area contributed by atoms with Gasteiger partial charge in [-0.1, -0.05) is 37.3 Å². The molecular weight excluding hydrogens is 266 g/mol. The van der Waals surface area contributed by atoms with E-state index in [-0.39, 0.29) is 13.2 Å². The predicted octanol–water partition coefficient (Wildman–Crippen LogP) is 2.37. The molecule has 4 nitrogen and oxygen atoms in total. The van der Waals surface area contributed by atoms with Crippen LogP contribution < -0.4 is 0 Å². The van der Waals surface area contributed by atoms with Crippen LogP contribution in [0.5, 0.6) is 0 Å². The van der Waals surface area contributed by atoms with Gasteiger partial charge in [-0.25, -0.2) is 0 Å². The second-order valence-corrected chi connectivity index (χ2v) is 5.93. The van der Waals surface area contributed by atoms with Gasteiger partial charge in [0.1, 0.15) is 11.5 Å². The molecule has 21 heavy (non-hydrogen) atoms. The lowest BCUT2D eigenvalue weighted by Crippen LogP contribution is -2.38. The first-order chi connectivity index (χ1) is 10.1. The van der Waals surface area contributed by atoms with Crippen LogP contribution in [0, 0.1) is 5.41 Å². The van der Waals surface area contributed by atoms with Crippen molar-refractivity contribution in [1.29, 1.82) is 0 Å². The summed E-state index contributed by atoms with van der Waals surface area (Å²) in [6.07, 6.45) is 0. The van der Waals surface area contributed by atoms with Gasteiger partial charge in [0.05, 0.1) is 19.8 Å². The minimum atomic E-state index is -0.496. The van der Waals surface area contributed by atoms with Gasteiger partial charge in [-0.05, 0) is 19.2 Å². The highest BCUT2D eigenvalue weighted by Gasteiger charge is 2.24. The Labute approximate surface area is 125 Å². The molecule has 0 aliphatic rings. The van der Waals surface area contributed by atoms with Crippen molar-refractivity contribution in [2.45, 2.75) is 13.5 Å². The summed E-state index contributed by atoms with van der Waals surface area (Å²) in [5.74, 6) is 1.72. The average molecular weight is 289 g/mol. The van der Waals surface area contributed by atoms with Gasteiger partial charge in [0.2, 0.25) is 0 Å². The van der Waals surface area contributed by atoms with E-state index in [4.69, 9.17) is 4.42 Å². The van der Waals surface area contributed by atoms with Crippen molar-refractivity contribution in [3.8, 4) is 11.3 Å². The highest BCUT2D eigenvalue weighted by molar-refractivity contribution is 5.57. The molecule has 0 saturated carbocycles. The standard InChI is InChI=1S/C17H23NO3/c1-17(12-19,13-20)11-18(2)10-15-8-9-16(21-15)14-6-4-3-5-7-14/h3-9,19-20H,10-13H2,1-2H3. The zero-order valence-corrected chi connectivity index (χ0v) is 12.6. The molecule has 0 aliphatic carbocycles. The maximum atomic E-state index is 9.34. The van der Waals surface area contributed by atoms with Crippen molar-refractivity contribution in [2.24, 2.45) is 5.41 Å². The fourth-order valence-electron chi connectivity index (χ4n) is 2.34. The van der Waals surface area contributed by atoms with Crippen LogP contribution in [0.2, 0.25) is 0 Å². The van der Waals surface area contributed by atoms with Crippen molar-refractivity contribution < 1.29 is 14.6 Å². The maximum absolute atomic E-state index is 9.34. The molecule has 0 radical (unpaired) electrons. The molecular formula is C17H23NO3. The Morgan fingerprint density at radius 1 is 1.05 bits per heavy atom. The number of rotatable bonds is 7. The third-order valence-corrected chi connectivity index (χ3v) is 3.56. The van der Waals surface area contributed by atoms with Crippen molar-refractivity contribution in [3.05, 3.63) is 48.2 Å². The topological polar surface area (TPSA) is 56.8 Å². The Morgan fingerprint density at radius 2 is 1.71 bits per heavy atom. The molecule has 2 N–H and O–H groups in total. The molecule has 2 rings (SSSR count). The Hall–Kier alpha value is -1.62. The number of aliphatic hydroxyl groups is 2. The number of furan rings is 1. The molecule has 0 amide bonds. The fourth-order valence-corrected chi connectivity index (χ4v) is 2.34. The van der Waals surface area contributed by atoms with E-state index in [0.717, 1.165) is 17.1 Å². The Morgan fingerprint density at radius 3 is 2.33 bits per heavy atom. The van der Waals surface area contributed by atoms with Crippen molar-refractivity contribution in [3.63, 3.8) is 0 Å². The van der Waals surface area contributed by atoms with Crippen LogP contribution in [0.1, 0.15) is 12.7 Å². The van der Waals surface area contributed by atoms with Gasteiger partial charge in [-0.15, -0.1) is 0 Å². The van der Waals surface area contributed by atoms with E-state index in [1.807, 2.05) is 61.3 Å². The van der Waals surface area contributed by atoms with E-state index in [1.54, 1.807) is 0 Å². The fraction of sp³-hybridized carbons (Fsp3) is 0.412. The Bertz CT molecular complexity index is 546. The summed E-state index contributed by atoms with van der Waals surface area (Å²) in [7, 11) is 1.95. The lowest BCUT2D eigenvalue weighted by atomic mass is 9.92. The number of benzene rings is 1. The van der Waals surface area contributed by atoms with E-state index in [0.29, 0.717) is 13.1 Å². The monoisotopic (exact) mass is 289 g/mol. The van der Waals surface area contributed by atoms with Gasteiger partial charge < -0.3 is 14.6 Å². The van der Waals surface area contributed by atoms with Crippen LogP contribution in [0.15, 0.2) is 46.9 Å². The number of aliphatic hydroxyl groups excluding tert-OH is 2. The van der Waals surface area contributed by atoms with E-state index in [2.05, 4.69) is 0 Å². The van der Waals surface area contributed by atoms with Gasteiger partial charge >= 0.3 is 0 Å². The molecule has 0 atom stereocenters. The van der Waals surface area contributed by atoms with Crippen LogP contribution in [-0.4, -0.2) is 41.9 Å². The number of nitrogens with zero attached hydrogens (tertiary/aromatic N) is 1. The summed E-state index contributed by atoms with van der Waals surface area (Å²) in [5.41, 5.74) is 0.561. The second-order valence-electron chi connectivity index (χ2n) is 5.93. The van der Waals surface area contributed by atoms with Gasteiger partial charge in [-0.2, -0.15) is 0 Å². The van der Waals surface area contributed by atoms with Crippen molar-refractivity contribution in [1.82, 2.24) is 4.90 Å². The lowest BCUT2D eigenvalue weighted by molar-refractivity contribution is 0.0387. The molecule has 0 spiro atoms. The molecule has 2 aromatic rings. The molecule has 0 fully saturated rings. The molecule has 0 saturated heterocycles. The van der Waals surface area contributed by atoms with E-state index in [1.165, 1.54) is 0 Å². The minimum Gasteiger partial charge on any atom is -0.460 e. The highest BCUT2D eigenvalue weighted by atomic mass is 16.3. The molecule has 1 aromatic carbocycles. The third kappa shape index (κ3) is 4.17. The zero-order chi connectivity index (χ0) is 15.3. The molecule has 4 heteroatoms. The van der Waals surface area contributed by atoms with E-state index in [9.17, 15) is 10.2 Å². The average Bonchev–Trinajstić information content (AvgIpc) is 2.96. The van der Waals surface area contributed by atoms with Crippen LogP contribution in [0.25, 0.3) is 11.3 Å². The summed E-state index contributed by atoms with van der Waals surface area (Å²) in [6.45, 7) is 3.02. The predicted molar refractivity (Wildman–Crippen MR) is 82.8 cm³/mol. The minimum absolute atomic E-state index is 0.0404. The smallest absolute Gasteiger partial charge is 0.134 e. The van der Waals surface area contributed by atoms with Crippen molar-refractivity contribution >= 4 is 0 Å². The first kappa shape index (κ1) is 15.8. The van der Waals surface area contributed by atoms with Gasteiger partial charge in [0, 0.05) is 17.5 Å². The summed E-state index contributed by atoms with van der Waals surface area (Å²) in [5, 5.41) is 18.7. The van der Waals surface area contributed by atoms with Crippen molar-refractivity contribution in [2.75, 3.05) is 26.8 Å². The van der Waals surface area contributed by atoms with Crippen LogP contribution in [0.3, 0.4) is 0 Å². The second kappa shape index (κ2) is 6.89. The van der Waals surface area contributed by atoms with Crippen LogP contribution in [-0.2, 0) is 6.54 Å². The van der Waals surface area contributed by atoms with E-state index >= 15 is 0 Å². The Kier molecular flexibility index (Phi) is 5.17. The SMILES string of the molecule is CN(Cc1ccc(-c2ccccc2)o1)CC(C)(CO)CO. The maximum Gasteiger partial charge on any atom is 0.134 e. The number of hydrogen-bond donors (Lipinski definition) is 2. The van der Waals surface area contributed by atoms with Gasteiger partial charge in [0.25, 0.3) is 0 Å². The molecule has 0 bridgehead atoms. The van der Waals surface area contributed by atoms with E-state index < -0.39 is 5.41 Å². The quantitative estimate of drug-likeness (QED) is 0.821. The lowest BCUT2D eigenvalue weighted by Gasteiger charge is -2.29. The molecule has 1 heterocycles. The first-order valence-electron chi connectivity index (χ1n) is 7.11. The summed E-state index contributed by atoms with van der Waals surface area (Å²) < 4.78 is 5.86. The molecule has 0 unspecified atom stereocenters.